The summed E-state index contributed by atoms with van der Waals surface area (Å²) < 4.78 is 30.4. The van der Waals surface area contributed by atoms with E-state index in [1.54, 1.807) is 49.4 Å². The summed E-state index contributed by atoms with van der Waals surface area (Å²) in [4.78, 5) is 24.0. The Morgan fingerprint density at radius 2 is 1.86 bits per heavy atom. The van der Waals surface area contributed by atoms with Crippen molar-refractivity contribution in [3.05, 3.63) is 59.1 Å². The van der Waals surface area contributed by atoms with E-state index in [0.29, 0.717) is 28.4 Å². The maximum atomic E-state index is 12.2. The lowest BCUT2D eigenvalue weighted by atomic mass is 10.2. The first-order valence-corrected chi connectivity index (χ1v) is 11.2. The van der Waals surface area contributed by atoms with Crippen LogP contribution in [0.2, 0.25) is 5.02 Å². The van der Waals surface area contributed by atoms with Gasteiger partial charge in [0.1, 0.15) is 0 Å². The largest absolute Gasteiger partial charge is 0.462 e. The Morgan fingerprint density at radius 1 is 1.14 bits per heavy atom. The number of nitrogens with one attached hydrogen (secondary N) is 1. The van der Waals surface area contributed by atoms with E-state index in [0.717, 1.165) is 6.26 Å². The van der Waals surface area contributed by atoms with Crippen molar-refractivity contribution in [3.8, 4) is 0 Å². The fourth-order valence-corrected chi connectivity index (χ4v) is 3.80. The lowest BCUT2D eigenvalue weighted by Crippen LogP contribution is -2.31. The molecule has 0 radical (unpaired) electrons. The van der Waals surface area contributed by atoms with E-state index >= 15 is 0 Å². The third-order valence-corrected chi connectivity index (χ3v) is 5.35. The van der Waals surface area contributed by atoms with Crippen LogP contribution in [0.5, 0.6) is 0 Å². The molecule has 0 saturated heterocycles. The van der Waals surface area contributed by atoms with Gasteiger partial charge in [-0.3, -0.25) is 9.10 Å². The SMILES string of the molecule is CCOC(=O)c1cccc(NC(=O)CCCN(c2cccc(Cl)c2)S(C)(=O)=O)c1. The van der Waals surface area contributed by atoms with Crippen molar-refractivity contribution in [1.29, 1.82) is 0 Å². The summed E-state index contributed by atoms with van der Waals surface area (Å²) in [6.45, 7) is 2.11. The second kappa shape index (κ2) is 10.3. The van der Waals surface area contributed by atoms with E-state index in [2.05, 4.69) is 5.32 Å². The maximum Gasteiger partial charge on any atom is 0.338 e. The molecule has 1 N–H and O–H groups in total. The number of hydrogen-bond acceptors (Lipinski definition) is 5. The number of hydrogen-bond donors (Lipinski definition) is 1. The zero-order valence-corrected chi connectivity index (χ0v) is 17.8. The van der Waals surface area contributed by atoms with Gasteiger partial charge in [0.15, 0.2) is 0 Å². The van der Waals surface area contributed by atoms with E-state index in [1.165, 1.54) is 10.4 Å². The van der Waals surface area contributed by atoms with Crippen LogP contribution in [0.15, 0.2) is 48.5 Å². The first-order chi connectivity index (χ1) is 13.7. The van der Waals surface area contributed by atoms with Crippen LogP contribution in [-0.4, -0.2) is 39.7 Å². The van der Waals surface area contributed by atoms with Crippen LogP contribution < -0.4 is 9.62 Å². The third kappa shape index (κ3) is 7.07. The fourth-order valence-electron chi connectivity index (χ4n) is 2.66. The number of nitrogens with zero attached hydrogens (tertiary/aromatic N) is 1. The molecule has 0 aromatic heterocycles. The number of ether oxygens (including phenoxy) is 1. The predicted octanol–water partition coefficient (Wildman–Crippen LogP) is 3.70. The van der Waals surface area contributed by atoms with Crippen molar-refractivity contribution in [1.82, 2.24) is 0 Å². The van der Waals surface area contributed by atoms with Crippen molar-refractivity contribution >= 4 is 44.9 Å². The highest BCUT2D eigenvalue weighted by atomic mass is 35.5. The molecule has 9 heteroatoms. The van der Waals surface area contributed by atoms with Gasteiger partial charge in [0.2, 0.25) is 15.9 Å². The van der Waals surface area contributed by atoms with Crippen molar-refractivity contribution in [2.45, 2.75) is 19.8 Å². The van der Waals surface area contributed by atoms with Gasteiger partial charge >= 0.3 is 5.97 Å². The number of sulfonamides is 1. The molecule has 0 bridgehead atoms. The highest BCUT2D eigenvalue weighted by Crippen LogP contribution is 2.22. The molecule has 0 saturated carbocycles. The molecule has 29 heavy (non-hydrogen) atoms. The Bertz CT molecular complexity index is 978. The molecule has 0 unspecified atom stereocenters. The normalized spacial score (nSPS) is 11.0. The van der Waals surface area contributed by atoms with Crippen LogP contribution in [0.4, 0.5) is 11.4 Å². The zero-order chi connectivity index (χ0) is 21.4. The molecule has 7 nitrogen and oxygen atoms in total. The highest BCUT2D eigenvalue weighted by molar-refractivity contribution is 7.92. The Hall–Kier alpha value is -2.58. The van der Waals surface area contributed by atoms with E-state index < -0.39 is 16.0 Å². The first-order valence-electron chi connectivity index (χ1n) is 9.01. The number of carbonyl (C=O) groups is 2. The average Bonchev–Trinajstić information content (AvgIpc) is 2.64. The number of esters is 1. The highest BCUT2D eigenvalue weighted by Gasteiger charge is 2.18. The molecule has 2 aromatic rings. The summed E-state index contributed by atoms with van der Waals surface area (Å²) in [5.74, 6) is -0.750. The minimum absolute atomic E-state index is 0.107. The minimum Gasteiger partial charge on any atom is -0.462 e. The molecule has 156 valence electrons. The number of amides is 1. The van der Waals surface area contributed by atoms with Gasteiger partial charge in [0.05, 0.1) is 24.1 Å². The topological polar surface area (TPSA) is 92.8 Å². The van der Waals surface area contributed by atoms with Crippen LogP contribution in [-0.2, 0) is 19.6 Å². The van der Waals surface area contributed by atoms with Gasteiger partial charge in [-0.2, -0.15) is 0 Å². The summed E-state index contributed by atoms with van der Waals surface area (Å²) in [6.07, 6.45) is 1.52. The van der Waals surface area contributed by atoms with Crippen molar-refractivity contribution < 1.29 is 22.7 Å². The average molecular weight is 439 g/mol. The van der Waals surface area contributed by atoms with Crippen molar-refractivity contribution in [2.75, 3.05) is 29.0 Å². The van der Waals surface area contributed by atoms with E-state index in [4.69, 9.17) is 16.3 Å². The summed E-state index contributed by atoms with van der Waals surface area (Å²) in [5.41, 5.74) is 1.26. The third-order valence-electron chi connectivity index (χ3n) is 3.92. The zero-order valence-electron chi connectivity index (χ0n) is 16.2. The Labute approximate surface area is 175 Å². The smallest absolute Gasteiger partial charge is 0.338 e. The number of halogens is 1. The second-order valence-electron chi connectivity index (χ2n) is 6.27. The number of benzene rings is 2. The van der Waals surface area contributed by atoms with Gasteiger partial charge in [-0.25, -0.2) is 13.2 Å². The number of carbonyl (C=O) groups excluding carboxylic acids is 2. The van der Waals surface area contributed by atoms with Crippen LogP contribution in [0, 0.1) is 0 Å². The lowest BCUT2D eigenvalue weighted by molar-refractivity contribution is -0.116. The van der Waals surface area contributed by atoms with Crippen LogP contribution in [0.25, 0.3) is 0 Å². The molecule has 0 aliphatic carbocycles. The molecular formula is C20H23ClN2O5S. The molecule has 0 fully saturated rings. The van der Waals surface area contributed by atoms with Gasteiger partial charge in [0.25, 0.3) is 0 Å². The van der Waals surface area contributed by atoms with Gasteiger partial charge in [0, 0.05) is 23.7 Å². The Morgan fingerprint density at radius 3 is 2.52 bits per heavy atom. The van der Waals surface area contributed by atoms with E-state index in [-0.39, 0.29) is 25.5 Å². The summed E-state index contributed by atoms with van der Waals surface area (Å²) in [5, 5.41) is 3.13. The fraction of sp³-hybridized carbons (Fsp3) is 0.300. The second-order valence-corrected chi connectivity index (χ2v) is 8.61. The molecule has 0 spiro atoms. The van der Waals surface area contributed by atoms with E-state index in [9.17, 15) is 18.0 Å². The Balaban J connectivity index is 1.96. The minimum atomic E-state index is -3.52. The predicted molar refractivity (Wildman–Crippen MR) is 114 cm³/mol. The molecular weight excluding hydrogens is 416 g/mol. The molecule has 1 amide bonds. The van der Waals surface area contributed by atoms with Gasteiger partial charge in [-0.15, -0.1) is 0 Å². The van der Waals surface area contributed by atoms with Crippen LogP contribution in [0.1, 0.15) is 30.1 Å². The maximum absolute atomic E-state index is 12.2. The number of rotatable bonds is 9. The molecule has 0 aliphatic heterocycles. The standard InChI is InChI=1S/C20H23ClN2O5S/c1-3-28-20(25)15-7-4-9-17(13-15)22-19(24)11-6-12-23(29(2,26)27)18-10-5-8-16(21)14-18/h4-5,7-10,13-14H,3,6,11-12H2,1-2H3,(H,22,24). The van der Waals surface area contributed by atoms with Crippen LogP contribution in [0.3, 0.4) is 0 Å². The van der Waals surface area contributed by atoms with Crippen LogP contribution >= 0.6 is 11.6 Å². The van der Waals surface area contributed by atoms with Gasteiger partial charge in [-0.05, 0) is 49.7 Å². The van der Waals surface area contributed by atoms with Gasteiger partial charge < -0.3 is 10.1 Å². The molecule has 2 rings (SSSR count). The lowest BCUT2D eigenvalue weighted by Gasteiger charge is -2.22. The summed E-state index contributed by atoms with van der Waals surface area (Å²) in [7, 11) is -3.52. The molecule has 2 aromatic carbocycles. The first kappa shape index (κ1) is 22.7. The summed E-state index contributed by atoms with van der Waals surface area (Å²) in [6, 6.07) is 13.0. The molecule has 0 aliphatic rings. The van der Waals surface area contributed by atoms with E-state index in [1.807, 2.05) is 0 Å². The van der Waals surface area contributed by atoms with Crippen molar-refractivity contribution in [2.24, 2.45) is 0 Å². The Kier molecular flexibility index (Phi) is 8.04. The summed E-state index contributed by atoms with van der Waals surface area (Å²) >= 11 is 5.95. The molecule has 0 heterocycles. The quantitative estimate of drug-likeness (QED) is 0.602. The van der Waals surface area contributed by atoms with Crippen molar-refractivity contribution in [3.63, 3.8) is 0 Å². The monoisotopic (exact) mass is 438 g/mol. The number of anilines is 2. The molecule has 0 atom stereocenters. The van der Waals surface area contributed by atoms with Gasteiger partial charge in [-0.1, -0.05) is 23.7 Å².